The third-order valence-electron chi connectivity index (χ3n) is 4.42. The summed E-state index contributed by atoms with van der Waals surface area (Å²) in [6, 6.07) is -0.212. The molecule has 0 fully saturated rings. The van der Waals surface area contributed by atoms with Crippen LogP contribution < -0.4 is 0 Å². The van der Waals surface area contributed by atoms with E-state index in [0.29, 0.717) is 0 Å². The number of hydrogen-bond acceptors (Lipinski definition) is 3. The lowest BCUT2D eigenvalue weighted by atomic mass is 9.86. The number of allylic oxidation sites excluding steroid dienone is 3. The lowest BCUT2D eigenvalue weighted by Gasteiger charge is -2.37. The molecular weight excluding hydrogens is 274 g/mol. The lowest BCUT2D eigenvalue weighted by molar-refractivity contribution is -0.133. The van der Waals surface area contributed by atoms with E-state index in [9.17, 15) is 9.90 Å². The molecule has 0 aromatic heterocycles. The third-order valence-corrected chi connectivity index (χ3v) is 4.42. The zero-order valence-electron chi connectivity index (χ0n) is 15.5. The van der Waals surface area contributed by atoms with Crippen LogP contribution in [0.5, 0.6) is 0 Å². The van der Waals surface area contributed by atoms with Gasteiger partial charge in [-0.05, 0) is 46.6 Å². The van der Waals surface area contributed by atoms with Gasteiger partial charge >= 0.3 is 0 Å². The number of nitrogens with zero attached hydrogens (tertiary/aromatic N) is 1. The van der Waals surface area contributed by atoms with Crippen molar-refractivity contribution in [3.05, 3.63) is 24.3 Å². The minimum absolute atomic E-state index is 0.0714. The van der Waals surface area contributed by atoms with E-state index in [-0.39, 0.29) is 23.7 Å². The fourth-order valence-corrected chi connectivity index (χ4v) is 2.49. The van der Waals surface area contributed by atoms with E-state index in [1.807, 2.05) is 38.8 Å². The number of ketones is 1. The molecule has 0 spiro atoms. The van der Waals surface area contributed by atoms with E-state index in [4.69, 9.17) is 0 Å². The molecule has 0 saturated heterocycles. The van der Waals surface area contributed by atoms with Crippen LogP contribution in [-0.4, -0.2) is 41.0 Å². The van der Waals surface area contributed by atoms with Crippen molar-refractivity contribution in [3.8, 4) is 0 Å². The number of likely N-dealkylation sites (N-methyl/N-ethyl adjacent to an activating group) is 1. The lowest BCUT2D eigenvalue weighted by Crippen LogP contribution is -2.53. The van der Waals surface area contributed by atoms with Gasteiger partial charge in [0.2, 0.25) is 0 Å². The summed E-state index contributed by atoms with van der Waals surface area (Å²) in [6.45, 7) is 15.7. The molecule has 3 heteroatoms. The highest BCUT2D eigenvalue weighted by Crippen LogP contribution is 2.23. The highest BCUT2D eigenvalue weighted by molar-refractivity contribution is 5.86. The summed E-state index contributed by atoms with van der Waals surface area (Å²) in [5.74, 6) is 0.117. The van der Waals surface area contributed by atoms with Crippen LogP contribution in [0.2, 0.25) is 0 Å². The first-order chi connectivity index (χ1) is 10.1. The fourth-order valence-electron chi connectivity index (χ4n) is 2.49. The Bertz CT molecular complexity index is 385. The molecule has 0 aliphatic carbocycles. The Morgan fingerprint density at radius 1 is 1.23 bits per heavy atom. The monoisotopic (exact) mass is 309 g/mol. The molecule has 128 valence electrons. The Morgan fingerprint density at radius 3 is 2.18 bits per heavy atom. The van der Waals surface area contributed by atoms with Gasteiger partial charge in [-0.2, -0.15) is 0 Å². The largest absolute Gasteiger partial charge is 0.391 e. The van der Waals surface area contributed by atoms with E-state index in [1.54, 1.807) is 6.08 Å². The highest BCUT2D eigenvalue weighted by atomic mass is 16.3. The van der Waals surface area contributed by atoms with Gasteiger partial charge in [-0.1, -0.05) is 45.1 Å². The van der Waals surface area contributed by atoms with Gasteiger partial charge in [-0.25, -0.2) is 0 Å². The van der Waals surface area contributed by atoms with Crippen molar-refractivity contribution in [2.24, 2.45) is 11.8 Å². The van der Waals surface area contributed by atoms with Crippen LogP contribution in [-0.2, 0) is 4.79 Å². The number of aliphatic hydroxyl groups is 1. The van der Waals surface area contributed by atoms with Crippen LogP contribution in [0.3, 0.4) is 0 Å². The summed E-state index contributed by atoms with van der Waals surface area (Å²) < 4.78 is 0. The van der Waals surface area contributed by atoms with Crippen molar-refractivity contribution in [1.29, 1.82) is 0 Å². The van der Waals surface area contributed by atoms with Crippen molar-refractivity contribution < 1.29 is 9.90 Å². The van der Waals surface area contributed by atoms with E-state index in [0.717, 1.165) is 12.8 Å². The second kappa shape index (κ2) is 9.96. The smallest absolute Gasteiger partial charge is 0.155 e. The van der Waals surface area contributed by atoms with Gasteiger partial charge in [-0.15, -0.1) is 0 Å². The van der Waals surface area contributed by atoms with Gasteiger partial charge in [0.05, 0.1) is 12.1 Å². The molecule has 3 atom stereocenters. The molecule has 0 rings (SSSR count). The predicted molar refractivity (Wildman–Crippen MR) is 94.9 cm³/mol. The number of carbonyl (C=O) groups excluding carboxylic acids is 1. The zero-order valence-corrected chi connectivity index (χ0v) is 15.5. The highest BCUT2D eigenvalue weighted by Gasteiger charge is 2.35. The third kappa shape index (κ3) is 6.45. The zero-order chi connectivity index (χ0) is 17.4. The Balaban J connectivity index is 5.02. The van der Waals surface area contributed by atoms with E-state index in [2.05, 4.69) is 27.4 Å². The van der Waals surface area contributed by atoms with E-state index >= 15 is 0 Å². The molecule has 22 heavy (non-hydrogen) atoms. The van der Waals surface area contributed by atoms with E-state index in [1.165, 1.54) is 5.57 Å². The van der Waals surface area contributed by atoms with Gasteiger partial charge in [0.1, 0.15) is 0 Å². The maximum atomic E-state index is 12.5. The Labute approximate surface area is 137 Å². The summed E-state index contributed by atoms with van der Waals surface area (Å²) >= 11 is 0. The molecule has 0 radical (unpaired) electrons. The van der Waals surface area contributed by atoms with Crippen LogP contribution in [0.15, 0.2) is 24.3 Å². The van der Waals surface area contributed by atoms with Crippen molar-refractivity contribution in [3.63, 3.8) is 0 Å². The van der Waals surface area contributed by atoms with Crippen LogP contribution in [0, 0.1) is 11.8 Å². The second-order valence-corrected chi connectivity index (χ2v) is 7.02. The molecule has 0 saturated carbocycles. The number of rotatable bonds is 10. The van der Waals surface area contributed by atoms with Crippen LogP contribution in [0.25, 0.3) is 0 Å². The van der Waals surface area contributed by atoms with Crippen LogP contribution in [0.4, 0.5) is 0 Å². The average Bonchev–Trinajstić information content (AvgIpc) is 2.44. The van der Waals surface area contributed by atoms with Gasteiger partial charge in [0, 0.05) is 12.0 Å². The second-order valence-electron chi connectivity index (χ2n) is 7.02. The summed E-state index contributed by atoms with van der Waals surface area (Å²) in [5.41, 5.74) is 1.25. The number of carbonyl (C=O) groups is 1. The Kier molecular flexibility index (Phi) is 9.54. The van der Waals surface area contributed by atoms with Crippen LogP contribution >= 0.6 is 0 Å². The standard InChI is InChI=1S/C19H35NO2/c1-9-10-15(6)11-12-16(7)19(22)17(18(21)13(2)3)20(8)14(4)5/h9-10,13-14,16-17,19,22H,1,11-12H2,2-8H3/b15-10-/t16-,17-,19-/m1/s1. The molecule has 0 aliphatic rings. The first-order valence-corrected chi connectivity index (χ1v) is 8.35. The summed E-state index contributed by atoms with van der Waals surface area (Å²) in [4.78, 5) is 14.5. The molecular formula is C19H35NO2. The van der Waals surface area contributed by atoms with Crippen molar-refractivity contribution in [2.75, 3.05) is 7.05 Å². The first-order valence-electron chi connectivity index (χ1n) is 8.35. The molecule has 3 nitrogen and oxygen atoms in total. The Hall–Kier alpha value is -0.930. The van der Waals surface area contributed by atoms with Gasteiger partial charge in [0.15, 0.2) is 5.78 Å². The molecule has 0 heterocycles. The predicted octanol–water partition coefficient (Wildman–Crippen LogP) is 3.83. The molecule has 0 aliphatic heterocycles. The number of hydrogen-bond donors (Lipinski definition) is 1. The normalized spacial score (nSPS) is 17.0. The van der Waals surface area contributed by atoms with Gasteiger partial charge in [0.25, 0.3) is 0 Å². The molecule has 0 amide bonds. The molecule has 1 N–H and O–H groups in total. The molecule has 0 bridgehead atoms. The van der Waals surface area contributed by atoms with Crippen LogP contribution in [0.1, 0.15) is 54.4 Å². The maximum absolute atomic E-state index is 12.5. The minimum Gasteiger partial charge on any atom is -0.391 e. The first kappa shape index (κ1) is 21.1. The van der Waals surface area contributed by atoms with Gasteiger partial charge in [-0.3, -0.25) is 9.69 Å². The Morgan fingerprint density at radius 2 is 1.77 bits per heavy atom. The summed E-state index contributed by atoms with van der Waals surface area (Å²) in [6.07, 6.45) is 4.92. The summed E-state index contributed by atoms with van der Waals surface area (Å²) in [5, 5.41) is 10.8. The number of aliphatic hydroxyl groups excluding tert-OH is 1. The molecule has 0 aromatic carbocycles. The molecule has 0 unspecified atom stereocenters. The average molecular weight is 309 g/mol. The quantitative estimate of drug-likeness (QED) is 0.624. The maximum Gasteiger partial charge on any atom is 0.155 e. The SMILES string of the molecule is C=C/C=C(/C)CC[C@@H](C)[C@@H](O)[C@@H](C(=O)C(C)C)N(C)C(C)C. The molecule has 0 aromatic rings. The topological polar surface area (TPSA) is 40.5 Å². The summed E-state index contributed by atoms with van der Waals surface area (Å²) in [7, 11) is 1.93. The number of Topliss-reactive ketones (excluding diaryl/α,β-unsaturated/α-hetero) is 1. The van der Waals surface area contributed by atoms with Crippen molar-refractivity contribution in [1.82, 2.24) is 4.90 Å². The minimum atomic E-state index is -0.640. The van der Waals surface area contributed by atoms with E-state index < -0.39 is 12.1 Å². The van der Waals surface area contributed by atoms with Crippen molar-refractivity contribution >= 4 is 5.78 Å². The fraction of sp³-hybridized carbons (Fsp3) is 0.737. The van der Waals surface area contributed by atoms with Crippen molar-refractivity contribution in [2.45, 2.75) is 72.6 Å². The van der Waals surface area contributed by atoms with Gasteiger partial charge < -0.3 is 5.11 Å².